The van der Waals surface area contributed by atoms with Crippen LogP contribution in [0.15, 0.2) is 53.7 Å². The Morgan fingerprint density at radius 1 is 1.21 bits per heavy atom. The summed E-state index contributed by atoms with van der Waals surface area (Å²) in [4.78, 5) is 9.00. The van der Waals surface area contributed by atoms with Crippen LogP contribution >= 0.6 is 11.8 Å². The lowest BCUT2D eigenvalue weighted by Crippen LogP contribution is -2.43. The van der Waals surface area contributed by atoms with Crippen molar-refractivity contribution in [3.63, 3.8) is 0 Å². The molecule has 2 N–H and O–H groups in total. The Morgan fingerprint density at radius 3 is 2.75 bits per heavy atom. The molecule has 0 aliphatic carbocycles. The first-order valence-corrected chi connectivity index (χ1v) is 10.9. The van der Waals surface area contributed by atoms with Crippen LogP contribution in [0.4, 0.5) is 0 Å². The lowest BCUT2D eigenvalue weighted by Gasteiger charge is -2.24. The number of benzene rings is 1. The summed E-state index contributed by atoms with van der Waals surface area (Å²) >= 11 is 2.06. The Bertz CT molecular complexity index is 743. The van der Waals surface area contributed by atoms with Crippen LogP contribution in [-0.4, -0.2) is 34.5 Å². The first-order valence-electron chi connectivity index (χ1n) is 9.95. The van der Waals surface area contributed by atoms with Crippen LogP contribution in [0.2, 0.25) is 0 Å². The number of guanidine groups is 1. The van der Waals surface area contributed by atoms with E-state index in [9.17, 15) is 0 Å². The molecule has 1 aromatic heterocycles. The highest BCUT2D eigenvalue weighted by Crippen LogP contribution is 2.36. The summed E-state index contributed by atoms with van der Waals surface area (Å²) in [5.74, 6) is 2.99. The summed E-state index contributed by atoms with van der Waals surface area (Å²) in [6, 6.07) is 13.9. The van der Waals surface area contributed by atoms with E-state index in [0.29, 0.717) is 17.9 Å². The molecule has 3 rings (SSSR count). The Balaban J connectivity index is 1.50. The maximum Gasteiger partial charge on any atom is 0.191 e. The molecule has 5 nitrogen and oxygen atoms in total. The SMILES string of the molecule is CCNC(=NCc1ccc(OCc2ccccn2)cc1)NCC1(C)CCCS1. The van der Waals surface area contributed by atoms with Gasteiger partial charge in [-0.3, -0.25) is 4.98 Å². The molecule has 1 atom stereocenters. The van der Waals surface area contributed by atoms with Gasteiger partial charge in [-0.25, -0.2) is 4.99 Å². The van der Waals surface area contributed by atoms with Gasteiger partial charge in [0.2, 0.25) is 0 Å². The highest BCUT2D eigenvalue weighted by Gasteiger charge is 2.29. The average Bonchev–Trinajstić information content (AvgIpc) is 3.17. The minimum Gasteiger partial charge on any atom is -0.487 e. The summed E-state index contributed by atoms with van der Waals surface area (Å²) in [7, 11) is 0. The summed E-state index contributed by atoms with van der Waals surface area (Å²) in [6.07, 6.45) is 4.36. The molecule has 150 valence electrons. The van der Waals surface area contributed by atoms with Crippen molar-refractivity contribution < 1.29 is 4.74 Å². The molecular weight excluding hydrogens is 368 g/mol. The number of aromatic nitrogens is 1. The molecule has 2 heterocycles. The van der Waals surface area contributed by atoms with E-state index < -0.39 is 0 Å². The Hall–Kier alpha value is -2.21. The van der Waals surface area contributed by atoms with E-state index in [1.165, 1.54) is 18.6 Å². The second-order valence-corrected chi connectivity index (χ2v) is 8.89. The van der Waals surface area contributed by atoms with E-state index in [0.717, 1.165) is 36.1 Å². The predicted octanol–water partition coefficient (Wildman–Crippen LogP) is 4.00. The van der Waals surface area contributed by atoms with Crippen LogP contribution in [0.3, 0.4) is 0 Å². The average molecular weight is 399 g/mol. The van der Waals surface area contributed by atoms with Crippen LogP contribution in [-0.2, 0) is 13.2 Å². The van der Waals surface area contributed by atoms with Gasteiger partial charge in [-0.15, -0.1) is 0 Å². The van der Waals surface area contributed by atoms with Crippen LogP contribution in [0.25, 0.3) is 0 Å². The fraction of sp³-hybridized carbons (Fsp3) is 0.455. The fourth-order valence-corrected chi connectivity index (χ4v) is 4.34. The topological polar surface area (TPSA) is 58.5 Å². The minimum absolute atomic E-state index is 0.322. The molecule has 0 saturated carbocycles. The summed E-state index contributed by atoms with van der Waals surface area (Å²) in [5.41, 5.74) is 2.08. The van der Waals surface area contributed by atoms with E-state index in [1.807, 2.05) is 30.3 Å². The van der Waals surface area contributed by atoms with Crippen molar-refractivity contribution in [2.75, 3.05) is 18.8 Å². The number of nitrogens with zero attached hydrogens (tertiary/aromatic N) is 2. The van der Waals surface area contributed by atoms with E-state index in [1.54, 1.807) is 6.20 Å². The van der Waals surface area contributed by atoms with Crippen molar-refractivity contribution in [3.05, 3.63) is 59.9 Å². The number of rotatable bonds is 8. The maximum atomic E-state index is 5.79. The molecule has 1 saturated heterocycles. The van der Waals surface area contributed by atoms with Gasteiger partial charge in [-0.05, 0) is 62.3 Å². The minimum atomic E-state index is 0.322. The third-order valence-electron chi connectivity index (χ3n) is 4.73. The van der Waals surface area contributed by atoms with E-state index in [-0.39, 0.29) is 0 Å². The highest BCUT2D eigenvalue weighted by atomic mass is 32.2. The molecule has 0 amide bonds. The van der Waals surface area contributed by atoms with Gasteiger partial charge in [0.25, 0.3) is 0 Å². The molecule has 6 heteroatoms. The number of hydrogen-bond donors (Lipinski definition) is 2. The first-order chi connectivity index (χ1) is 13.7. The Morgan fingerprint density at radius 2 is 2.07 bits per heavy atom. The van der Waals surface area contributed by atoms with E-state index >= 15 is 0 Å². The molecule has 1 fully saturated rings. The van der Waals surface area contributed by atoms with Crippen molar-refractivity contribution in [1.82, 2.24) is 15.6 Å². The number of pyridine rings is 1. The smallest absolute Gasteiger partial charge is 0.191 e. The van der Waals surface area contributed by atoms with Crippen LogP contribution < -0.4 is 15.4 Å². The van der Waals surface area contributed by atoms with Gasteiger partial charge < -0.3 is 15.4 Å². The molecule has 0 radical (unpaired) electrons. The summed E-state index contributed by atoms with van der Waals surface area (Å²) in [5, 5.41) is 6.85. The number of nitrogens with one attached hydrogen (secondary N) is 2. The Kier molecular flexibility index (Phi) is 7.60. The van der Waals surface area contributed by atoms with Crippen molar-refractivity contribution in [1.29, 1.82) is 0 Å². The molecule has 1 aliphatic rings. The quantitative estimate of drug-likeness (QED) is 0.520. The molecular formula is C22H30N4OS. The largest absolute Gasteiger partial charge is 0.487 e. The third kappa shape index (κ3) is 6.44. The maximum absolute atomic E-state index is 5.79. The number of aliphatic imine (C=N–C) groups is 1. The monoisotopic (exact) mass is 398 g/mol. The van der Waals surface area contributed by atoms with Gasteiger partial charge in [0, 0.05) is 24.0 Å². The lowest BCUT2D eigenvalue weighted by molar-refractivity contribution is 0.301. The molecule has 1 aliphatic heterocycles. The van der Waals surface area contributed by atoms with E-state index in [2.05, 4.69) is 53.4 Å². The zero-order valence-electron chi connectivity index (χ0n) is 16.8. The normalized spacial score (nSPS) is 19.4. The number of thioether (sulfide) groups is 1. The zero-order valence-corrected chi connectivity index (χ0v) is 17.6. The van der Waals surface area contributed by atoms with Crippen LogP contribution in [0.5, 0.6) is 5.75 Å². The lowest BCUT2D eigenvalue weighted by atomic mass is 10.1. The molecule has 0 spiro atoms. The van der Waals surface area contributed by atoms with Crippen molar-refractivity contribution in [2.45, 2.75) is 44.6 Å². The van der Waals surface area contributed by atoms with Gasteiger partial charge in [-0.2, -0.15) is 11.8 Å². The zero-order chi connectivity index (χ0) is 19.7. The number of hydrogen-bond acceptors (Lipinski definition) is 4. The first kappa shape index (κ1) is 20.5. The van der Waals surface area contributed by atoms with Crippen molar-refractivity contribution in [3.8, 4) is 5.75 Å². The fourth-order valence-electron chi connectivity index (χ4n) is 3.09. The summed E-state index contributed by atoms with van der Waals surface area (Å²) < 4.78 is 6.11. The van der Waals surface area contributed by atoms with Gasteiger partial charge in [0.1, 0.15) is 12.4 Å². The number of ether oxygens (including phenoxy) is 1. The third-order valence-corrected chi connectivity index (χ3v) is 6.27. The van der Waals surface area contributed by atoms with Crippen molar-refractivity contribution >= 4 is 17.7 Å². The molecule has 28 heavy (non-hydrogen) atoms. The van der Waals surface area contributed by atoms with Gasteiger partial charge >= 0.3 is 0 Å². The van der Waals surface area contributed by atoms with E-state index in [4.69, 9.17) is 9.73 Å². The Labute approximate surface area is 172 Å². The van der Waals surface area contributed by atoms with Gasteiger partial charge in [-0.1, -0.05) is 18.2 Å². The molecule has 0 bridgehead atoms. The summed E-state index contributed by atoms with van der Waals surface area (Å²) in [6.45, 7) is 7.35. The molecule has 1 unspecified atom stereocenters. The standard InChI is InChI=1S/C22H30N4OS/c1-3-23-21(26-17-22(2)12-6-14-28-22)25-15-18-8-10-20(11-9-18)27-16-19-7-4-5-13-24-19/h4-5,7-11,13H,3,6,12,14-17H2,1-2H3,(H2,23,25,26). The van der Waals surface area contributed by atoms with Crippen LogP contribution in [0.1, 0.15) is 37.9 Å². The second-order valence-electron chi connectivity index (χ2n) is 7.20. The van der Waals surface area contributed by atoms with Crippen molar-refractivity contribution in [2.24, 2.45) is 4.99 Å². The van der Waals surface area contributed by atoms with Gasteiger partial charge in [0.15, 0.2) is 5.96 Å². The molecule has 2 aromatic rings. The predicted molar refractivity (Wildman–Crippen MR) is 118 cm³/mol. The van der Waals surface area contributed by atoms with Gasteiger partial charge in [0.05, 0.1) is 12.2 Å². The molecule has 1 aromatic carbocycles. The second kappa shape index (κ2) is 10.4. The highest BCUT2D eigenvalue weighted by molar-refractivity contribution is 8.00. The van der Waals surface area contributed by atoms with Crippen LogP contribution in [0, 0.1) is 0 Å².